The summed E-state index contributed by atoms with van der Waals surface area (Å²) in [4.78, 5) is 6.85. The van der Waals surface area contributed by atoms with Crippen molar-refractivity contribution in [2.24, 2.45) is 7.05 Å². The normalized spacial score (nSPS) is 11.7. The summed E-state index contributed by atoms with van der Waals surface area (Å²) in [5, 5.41) is 4.54. The summed E-state index contributed by atoms with van der Waals surface area (Å²) in [7, 11) is 4.11. The average molecular weight is 326 g/mol. The number of nitrogens with two attached hydrogens (primary N) is 1. The van der Waals surface area contributed by atoms with Gasteiger partial charge in [0.25, 0.3) is 0 Å². The third kappa shape index (κ3) is 3.28. The minimum Gasteiger partial charge on any atom is -0.369 e. The summed E-state index contributed by atoms with van der Waals surface area (Å²) in [6.07, 6.45) is 1.89. The molecule has 0 aliphatic carbocycles. The van der Waals surface area contributed by atoms with Crippen LogP contribution in [0.4, 0.5) is 5.95 Å². The molecular weight excluding hydrogens is 300 g/mol. The first-order valence-corrected chi connectivity index (χ1v) is 8.50. The van der Waals surface area contributed by atoms with E-state index in [2.05, 4.69) is 63.9 Å². The first kappa shape index (κ1) is 16.5. The Morgan fingerprint density at radius 3 is 2.67 bits per heavy atom. The highest BCUT2D eigenvalue weighted by Crippen LogP contribution is 2.21. The van der Waals surface area contributed by atoms with Gasteiger partial charge in [0.2, 0.25) is 5.95 Å². The van der Waals surface area contributed by atoms with Crippen LogP contribution in [-0.2, 0) is 26.6 Å². The highest BCUT2D eigenvalue weighted by molar-refractivity contribution is 5.77. The van der Waals surface area contributed by atoms with Crippen LogP contribution in [0.3, 0.4) is 0 Å². The largest absolute Gasteiger partial charge is 0.369 e. The molecule has 0 aliphatic rings. The highest BCUT2D eigenvalue weighted by atomic mass is 15.3. The van der Waals surface area contributed by atoms with Gasteiger partial charge in [-0.1, -0.05) is 37.3 Å². The summed E-state index contributed by atoms with van der Waals surface area (Å²) >= 11 is 0. The Morgan fingerprint density at radius 2 is 1.96 bits per heavy atom. The van der Waals surface area contributed by atoms with Gasteiger partial charge in [-0.2, -0.15) is 5.10 Å². The molecule has 0 saturated carbocycles. The van der Waals surface area contributed by atoms with Gasteiger partial charge in [-0.25, -0.2) is 4.98 Å². The predicted octanol–water partition coefficient (Wildman–Crippen LogP) is 2.44. The zero-order chi connectivity index (χ0) is 17.1. The first-order valence-electron chi connectivity index (χ1n) is 8.50. The second-order valence-corrected chi connectivity index (χ2v) is 6.29. The maximum atomic E-state index is 6.13. The number of benzene rings is 1. The summed E-state index contributed by atoms with van der Waals surface area (Å²) in [5.41, 5.74) is 10.4. The van der Waals surface area contributed by atoms with Crippen molar-refractivity contribution in [2.75, 3.05) is 19.3 Å². The molecule has 2 N–H and O–H groups in total. The predicted molar refractivity (Wildman–Crippen MR) is 97.7 cm³/mol. The lowest BCUT2D eigenvalue weighted by molar-refractivity contribution is 0.315. The zero-order valence-corrected chi connectivity index (χ0v) is 14.7. The number of aryl methyl sites for hydroxylation is 3. The van der Waals surface area contributed by atoms with Crippen LogP contribution in [0, 0.1) is 0 Å². The van der Waals surface area contributed by atoms with Crippen LogP contribution >= 0.6 is 0 Å². The fraction of sp³-hybridized carbons (Fsp3) is 0.444. The third-order valence-corrected chi connectivity index (χ3v) is 4.37. The molecule has 0 amide bonds. The molecule has 128 valence electrons. The number of aromatic nitrogens is 4. The molecule has 0 radical (unpaired) electrons. The number of fused-ring (bicyclic) bond motifs is 1. The van der Waals surface area contributed by atoms with Crippen molar-refractivity contribution in [1.29, 1.82) is 0 Å². The van der Waals surface area contributed by atoms with Crippen molar-refractivity contribution < 1.29 is 0 Å². The zero-order valence-electron chi connectivity index (χ0n) is 14.7. The van der Waals surface area contributed by atoms with Gasteiger partial charge in [0.15, 0.2) is 5.65 Å². The van der Waals surface area contributed by atoms with Gasteiger partial charge < -0.3 is 10.6 Å². The molecule has 0 spiro atoms. The van der Waals surface area contributed by atoms with Crippen LogP contribution in [0.1, 0.15) is 24.6 Å². The van der Waals surface area contributed by atoms with E-state index < -0.39 is 0 Å². The van der Waals surface area contributed by atoms with E-state index in [1.54, 1.807) is 0 Å². The highest BCUT2D eigenvalue weighted by Gasteiger charge is 2.16. The van der Waals surface area contributed by atoms with Crippen LogP contribution in [0.15, 0.2) is 30.3 Å². The number of imidazole rings is 1. The molecule has 0 atom stereocenters. The van der Waals surface area contributed by atoms with Crippen LogP contribution < -0.4 is 5.73 Å². The number of nitrogens with zero attached hydrogens (tertiary/aromatic N) is 5. The van der Waals surface area contributed by atoms with Crippen molar-refractivity contribution in [3.63, 3.8) is 0 Å². The Morgan fingerprint density at radius 1 is 1.21 bits per heavy atom. The summed E-state index contributed by atoms with van der Waals surface area (Å²) in [6, 6.07) is 10.5. The quantitative estimate of drug-likeness (QED) is 0.724. The summed E-state index contributed by atoms with van der Waals surface area (Å²) in [5.74, 6) is 0.582. The van der Waals surface area contributed by atoms with E-state index in [4.69, 9.17) is 5.73 Å². The van der Waals surface area contributed by atoms with E-state index in [9.17, 15) is 0 Å². The molecule has 0 aliphatic heterocycles. The van der Waals surface area contributed by atoms with Crippen LogP contribution in [0.25, 0.3) is 11.2 Å². The van der Waals surface area contributed by atoms with E-state index >= 15 is 0 Å². The molecule has 0 unspecified atom stereocenters. The van der Waals surface area contributed by atoms with E-state index in [-0.39, 0.29) is 0 Å². The smallest absolute Gasteiger partial charge is 0.202 e. The first-order chi connectivity index (χ1) is 11.6. The Bertz CT molecular complexity index is 802. The van der Waals surface area contributed by atoms with Gasteiger partial charge in [-0.05, 0) is 32.0 Å². The maximum absolute atomic E-state index is 6.13. The number of rotatable bonds is 7. The number of hydrogen-bond acceptors (Lipinski definition) is 4. The lowest BCUT2D eigenvalue weighted by Crippen LogP contribution is -2.20. The fourth-order valence-corrected chi connectivity index (χ4v) is 3.19. The SMILES string of the molecule is CCc1nn(C)c2c1nc(N)n2CCCN(C)Cc1ccccc1. The second-order valence-electron chi connectivity index (χ2n) is 6.29. The molecule has 1 aromatic carbocycles. The van der Waals surface area contributed by atoms with E-state index in [0.717, 1.165) is 49.3 Å². The molecule has 0 saturated heterocycles. The Labute approximate surface area is 142 Å². The van der Waals surface area contributed by atoms with Crippen molar-refractivity contribution in [1.82, 2.24) is 24.2 Å². The van der Waals surface area contributed by atoms with Gasteiger partial charge >= 0.3 is 0 Å². The van der Waals surface area contributed by atoms with Gasteiger partial charge in [0.05, 0.1) is 5.69 Å². The van der Waals surface area contributed by atoms with Crippen LogP contribution in [0.5, 0.6) is 0 Å². The van der Waals surface area contributed by atoms with Gasteiger partial charge in [-0.3, -0.25) is 9.25 Å². The van der Waals surface area contributed by atoms with Gasteiger partial charge in [0, 0.05) is 20.1 Å². The monoisotopic (exact) mass is 326 g/mol. The second kappa shape index (κ2) is 7.05. The Hall–Kier alpha value is -2.34. The topological polar surface area (TPSA) is 64.9 Å². The van der Waals surface area contributed by atoms with Crippen LogP contribution in [0.2, 0.25) is 0 Å². The summed E-state index contributed by atoms with van der Waals surface area (Å²) in [6.45, 7) is 4.91. The average Bonchev–Trinajstić information content (AvgIpc) is 3.05. The lowest BCUT2D eigenvalue weighted by atomic mass is 10.2. The van der Waals surface area contributed by atoms with Crippen molar-refractivity contribution in [3.8, 4) is 0 Å². The Kier molecular flexibility index (Phi) is 4.85. The number of hydrogen-bond donors (Lipinski definition) is 1. The molecular formula is C18H26N6. The molecule has 2 aromatic heterocycles. The molecule has 0 bridgehead atoms. The lowest BCUT2D eigenvalue weighted by Gasteiger charge is -2.17. The standard InChI is InChI=1S/C18H26N6/c1-4-15-16-17(23(3)21-15)24(18(19)20-16)12-8-11-22(2)13-14-9-6-5-7-10-14/h5-7,9-10H,4,8,11-13H2,1-3H3,(H2,19,20). The Balaban J connectivity index is 1.63. The molecule has 24 heavy (non-hydrogen) atoms. The molecule has 0 fully saturated rings. The molecule has 3 aromatic rings. The van der Waals surface area contributed by atoms with E-state index in [1.165, 1.54) is 5.56 Å². The fourth-order valence-electron chi connectivity index (χ4n) is 3.19. The molecule has 6 nitrogen and oxygen atoms in total. The van der Waals surface area contributed by atoms with E-state index in [0.29, 0.717) is 5.95 Å². The number of nitrogen functional groups attached to an aromatic ring is 1. The number of anilines is 1. The van der Waals surface area contributed by atoms with Crippen molar-refractivity contribution in [2.45, 2.75) is 32.9 Å². The van der Waals surface area contributed by atoms with Crippen molar-refractivity contribution in [3.05, 3.63) is 41.6 Å². The third-order valence-electron chi connectivity index (χ3n) is 4.37. The minimum absolute atomic E-state index is 0.582. The molecule has 6 heteroatoms. The molecule has 2 heterocycles. The van der Waals surface area contributed by atoms with Crippen LogP contribution in [-0.4, -0.2) is 37.8 Å². The van der Waals surface area contributed by atoms with Gasteiger partial charge in [-0.15, -0.1) is 0 Å². The summed E-state index contributed by atoms with van der Waals surface area (Å²) < 4.78 is 3.98. The minimum atomic E-state index is 0.582. The van der Waals surface area contributed by atoms with E-state index in [1.807, 2.05) is 11.7 Å². The maximum Gasteiger partial charge on any atom is 0.202 e. The van der Waals surface area contributed by atoms with Crippen molar-refractivity contribution >= 4 is 17.1 Å². The van der Waals surface area contributed by atoms with Gasteiger partial charge in [0.1, 0.15) is 5.52 Å². The molecule has 3 rings (SSSR count).